The van der Waals surface area contributed by atoms with Crippen molar-refractivity contribution in [2.45, 2.75) is 25.4 Å². The highest BCUT2D eigenvalue weighted by molar-refractivity contribution is 5.87. The van der Waals surface area contributed by atoms with Crippen LogP contribution in [0.5, 0.6) is 11.5 Å². The molecule has 4 heteroatoms. The molecule has 1 aromatic heterocycles. The third kappa shape index (κ3) is 6.39. The molecule has 202 valence electrons. The van der Waals surface area contributed by atoms with E-state index in [9.17, 15) is 4.79 Å². The summed E-state index contributed by atoms with van der Waals surface area (Å²) in [7, 11) is 0. The Morgan fingerprint density at radius 1 is 0.683 bits per heavy atom. The smallest absolute Gasteiger partial charge is 0.221 e. The zero-order chi connectivity index (χ0) is 27.9. The number of nitrogens with zero attached hydrogens (tertiary/aromatic N) is 1. The monoisotopic (exact) mass is 536 g/mol. The van der Waals surface area contributed by atoms with Gasteiger partial charge in [-0.05, 0) is 52.6 Å². The van der Waals surface area contributed by atoms with Gasteiger partial charge in [0.2, 0.25) is 5.91 Å². The topological polar surface area (TPSA) is 43.3 Å². The standard InChI is InChI=1S/C37H32N2O2/c40-37(38-25-28-13-4-1-5-14-28)24-34(30-17-12-20-32(23-30)41-31-18-8-3-9-19-31)35-27-39(26-29-15-6-2-7-16-29)36-22-11-10-21-33(35)36/h1-23,27,34H,24-26H2,(H,38,40). The lowest BCUT2D eigenvalue weighted by atomic mass is 9.88. The van der Waals surface area contributed by atoms with Gasteiger partial charge in [0.1, 0.15) is 11.5 Å². The van der Waals surface area contributed by atoms with Gasteiger partial charge in [0.25, 0.3) is 0 Å². The first-order valence-corrected chi connectivity index (χ1v) is 14.0. The zero-order valence-corrected chi connectivity index (χ0v) is 22.8. The Labute approximate surface area is 240 Å². The van der Waals surface area contributed by atoms with E-state index < -0.39 is 0 Å². The normalized spacial score (nSPS) is 11.7. The molecule has 1 N–H and O–H groups in total. The highest BCUT2D eigenvalue weighted by Crippen LogP contribution is 2.37. The van der Waals surface area contributed by atoms with Crippen LogP contribution in [0.4, 0.5) is 0 Å². The van der Waals surface area contributed by atoms with Crippen LogP contribution >= 0.6 is 0 Å². The van der Waals surface area contributed by atoms with Crippen molar-refractivity contribution in [1.29, 1.82) is 0 Å². The van der Waals surface area contributed by atoms with Crippen molar-refractivity contribution < 1.29 is 9.53 Å². The van der Waals surface area contributed by atoms with E-state index in [1.54, 1.807) is 0 Å². The minimum atomic E-state index is -0.160. The molecular formula is C37H32N2O2. The minimum absolute atomic E-state index is 0.00752. The molecule has 1 atom stereocenters. The van der Waals surface area contributed by atoms with Crippen molar-refractivity contribution in [3.8, 4) is 11.5 Å². The third-order valence-electron chi connectivity index (χ3n) is 7.35. The number of nitrogens with one attached hydrogen (secondary N) is 1. The Bertz CT molecular complexity index is 1730. The minimum Gasteiger partial charge on any atom is -0.457 e. The summed E-state index contributed by atoms with van der Waals surface area (Å²) in [6, 6.07) is 46.8. The Morgan fingerprint density at radius 2 is 1.32 bits per heavy atom. The molecule has 6 rings (SSSR count). The Hall–Kier alpha value is -5.09. The van der Waals surface area contributed by atoms with Gasteiger partial charge in [-0.15, -0.1) is 0 Å². The SMILES string of the molecule is O=C(CC(c1cccc(Oc2ccccc2)c1)c1cn(Cc2ccccc2)c2ccccc12)NCc1ccccc1. The first-order valence-electron chi connectivity index (χ1n) is 14.0. The molecule has 41 heavy (non-hydrogen) atoms. The Kier molecular flexibility index (Phi) is 7.90. The number of hydrogen-bond acceptors (Lipinski definition) is 2. The molecule has 0 fully saturated rings. The van der Waals surface area contributed by atoms with Crippen LogP contribution in [0.2, 0.25) is 0 Å². The second kappa shape index (κ2) is 12.4. The summed E-state index contributed by atoms with van der Waals surface area (Å²) in [4.78, 5) is 13.4. The van der Waals surface area contributed by atoms with E-state index in [2.05, 4.69) is 76.7 Å². The van der Waals surface area contributed by atoms with Gasteiger partial charge in [0.05, 0.1) is 0 Å². The van der Waals surface area contributed by atoms with Crippen molar-refractivity contribution in [3.05, 3.63) is 168 Å². The first-order chi connectivity index (χ1) is 20.2. The maximum atomic E-state index is 13.4. The van der Waals surface area contributed by atoms with Crippen molar-refractivity contribution >= 4 is 16.8 Å². The fourth-order valence-electron chi connectivity index (χ4n) is 5.34. The molecule has 0 aliphatic rings. The lowest BCUT2D eigenvalue weighted by Gasteiger charge is -2.18. The summed E-state index contributed by atoms with van der Waals surface area (Å²) >= 11 is 0. The average molecular weight is 537 g/mol. The fourth-order valence-corrected chi connectivity index (χ4v) is 5.34. The van der Waals surface area contributed by atoms with Crippen LogP contribution in [-0.2, 0) is 17.9 Å². The highest BCUT2D eigenvalue weighted by Gasteiger charge is 2.23. The van der Waals surface area contributed by atoms with Gasteiger partial charge in [0, 0.05) is 42.5 Å². The van der Waals surface area contributed by atoms with Gasteiger partial charge in [-0.3, -0.25) is 4.79 Å². The third-order valence-corrected chi connectivity index (χ3v) is 7.35. The summed E-state index contributed by atoms with van der Waals surface area (Å²) in [5, 5.41) is 4.29. The van der Waals surface area contributed by atoms with Crippen LogP contribution in [0.3, 0.4) is 0 Å². The summed E-state index contributed by atoms with van der Waals surface area (Å²) in [6.07, 6.45) is 2.54. The number of benzene rings is 5. The predicted octanol–water partition coefficient (Wildman–Crippen LogP) is 8.32. The van der Waals surface area contributed by atoms with Crippen LogP contribution in [0.15, 0.2) is 146 Å². The molecule has 0 bridgehead atoms. The average Bonchev–Trinajstić information content (AvgIpc) is 3.38. The van der Waals surface area contributed by atoms with Crippen molar-refractivity contribution in [3.63, 3.8) is 0 Å². The summed E-state index contributed by atoms with van der Waals surface area (Å²) in [6.45, 7) is 1.25. The molecule has 0 radical (unpaired) electrons. The molecule has 0 saturated heterocycles. The second-order valence-corrected chi connectivity index (χ2v) is 10.2. The largest absolute Gasteiger partial charge is 0.457 e. The van der Waals surface area contributed by atoms with E-state index in [1.807, 2.05) is 78.9 Å². The lowest BCUT2D eigenvalue weighted by Crippen LogP contribution is -2.25. The fraction of sp³-hybridized carbons (Fsp3) is 0.108. The number of fused-ring (bicyclic) bond motifs is 1. The molecule has 1 amide bonds. The number of ether oxygens (including phenoxy) is 1. The van der Waals surface area contributed by atoms with E-state index in [0.717, 1.165) is 45.6 Å². The van der Waals surface area contributed by atoms with Crippen molar-refractivity contribution in [2.75, 3.05) is 0 Å². The van der Waals surface area contributed by atoms with Gasteiger partial charge in [0.15, 0.2) is 0 Å². The number of para-hydroxylation sites is 2. The second-order valence-electron chi connectivity index (χ2n) is 10.2. The molecule has 0 aliphatic heterocycles. The highest BCUT2D eigenvalue weighted by atomic mass is 16.5. The van der Waals surface area contributed by atoms with Gasteiger partial charge in [-0.25, -0.2) is 0 Å². The van der Waals surface area contributed by atoms with Gasteiger partial charge in [-0.1, -0.05) is 109 Å². The number of carbonyl (C=O) groups excluding carboxylic acids is 1. The van der Waals surface area contributed by atoms with Crippen LogP contribution in [0, 0.1) is 0 Å². The number of rotatable bonds is 10. The van der Waals surface area contributed by atoms with E-state index >= 15 is 0 Å². The van der Waals surface area contributed by atoms with Crippen LogP contribution in [0.1, 0.15) is 34.6 Å². The van der Waals surface area contributed by atoms with Gasteiger partial charge >= 0.3 is 0 Å². The van der Waals surface area contributed by atoms with Crippen LogP contribution < -0.4 is 10.1 Å². The maximum absolute atomic E-state index is 13.4. The molecule has 6 aromatic rings. The summed E-state index contributed by atoms with van der Waals surface area (Å²) < 4.78 is 8.47. The molecule has 0 saturated carbocycles. The van der Waals surface area contributed by atoms with Crippen molar-refractivity contribution in [2.24, 2.45) is 0 Å². The van der Waals surface area contributed by atoms with Crippen molar-refractivity contribution in [1.82, 2.24) is 9.88 Å². The summed E-state index contributed by atoms with van der Waals surface area (Å²) in [5.41, 5.74) is 5.63. The molecule has 1 unspecified atom stereocenters. The number of carbonyl (C=O) groups is 1. The van der Waals surface area contributed by atoms with Gasteiger partial charge in [-0.2, -0.15) is 0 Å². The maximum Gasteiger partial charge on any atom is 0.221 e. The first kappa shape index (κ1) is 26.1. The number of aromatic nitrogens is 1. The lowest BCUT2D eigenvalue weighted by molar-refractivity contribution is -0.121. The molecular weight excluding hydrogens is 504 g/mol. The molecule has 0 spiro atoms. The van der Waals surface area contributed by atoms with Crippen LogP contribution in [-0.4, -0.2) is 10.5 Å². The predicted molar refractivity (Wildman–Crippen MR) is 165 cm³/mol. The quantitative estimate of drug-likeness (QED) is 0.191. The number of hydrogen-bond donors (Lipinski definition) is 1. The molecule has 4 nitrogen and oxygen atoms in total. The number of amides is 1. The Balaban J connectivity index is 1.36. The summed E-state index contributed by atoms with van der Waals surface area (Å²) in [5.74, 6) is 1.37. The van der Waals surface area contributed by atoms with Gasteiger partial charge < -0.3 is 14.6 Å². The van der Waals surface area contributed by atoms with E-state index in [1.165, 1.54) is 5.56 Å². The zero-order valence-electron chi connectivity index (χ0n) is 22.8. The Morgan fingerprint density at radius 3 is 2.07 bits per heavy atom. The molecule has 0 aliphatic carbocycles. The van der Waals surface area contributed by atoms with E-state index in [-0.39, 0.29) is 11.8 Å². The van der Waals surface area contributed by atoms with Crippen LogP contribution in [0.25, 0.3) is 10.9 Å². The van der Waals surface area contributed by atoms with E-state index in [4.69, 9.17) is 4.74 Å². The molecule has 5 aromatic carbocycles. The van der Waals surface area contributed by atoms with E-state index in [0.29, 0.717) is 13.0 Å². The molecule has 1 heterocycles.